The smallest absolute Gasteiger partial charge is 0.317 e. The van der Waals surface area contributed by atoms with Crippen LogP contribution in [-0.4, -0.2) is 18.5 Å². The fourth-order valence-electron chi connectivity index (χ4n) is 2.51. The predicted molar refractivity (Wildman–Crippen MR) is 96.1 cm³/mol. The Kier molecular flexibility index (Phi) is 4.66. The minimum Gasteiger partial charge on any atom is -0.455 e. The summed E-state index contributed by atoms with van der Waals surface area (Å²) in [5.41, 5.74) is 1.13. The summed E-state index contributed by atoms with van der Waals surface area (Å²) in [5, 5.41) is 2.75. The first-order valence-corrected chi connectivity index (χ1v) is 8.47. The molecule has 0 radical (unpaired) electrons. The fraction of sp³-hybridized carbons (Fsp3) is 0.222. The summed E-state index contributed by atoms with van der Waals surface area (Å²) >= 11 is 2.14. The average Bonchev–Trinajstić information content (AvgIpc) is 3.37. The molecule has 5 heteroatoms. The van der Waals surface area contributed by atoms with Crippen molar-refractivity contribution in [2.45, 2.75) is 18.3 Å². The van der Waals surface area contributed by atoms with Crippen LogP contribution in [-0.2, 0) is 19.7 Å². The molecule has 1 N–H and O–H groups in total. The van der Waals surface area contributed by atoms with Crippen molar-refractivity contribution < 1.29 is 14.3 Å². The maximum Gasteiger partial charge on any atom is 0.317 e. The van der Waals surface area contributed by atoms with Crippen LogP contribution in [0.5, 0.6) is 0 Å². The lowest BCUT2D eigenvalue weighted by Gasteiger charge is -2.15. The molecule has 1 fully saturated rings. The topological polar surface area (TPSA) is 55.4 Å². The van der Waals surface area contributed by atoms with E-state index in [0.29, 0.717) is 0 Å². The summed E-state index contributed by atoms with van der Waals surface area (Å²) in [6.45, 7) is -0.265. The average molecular weight is 421 g/mol. The second kappa shape index (κ2) is 6.70. The van der Waals surface area contributed by atoms with E-state index in [9.17, 15) is 9.59 Å². The summed E-state index contributed by atoms with van der Waals surface area (Å²) in [7, 11) is 0. The van der Waals surface area contributed by atoms with Gasteiger partial charge in [0.1, 0.15) is 0 Å². The van der Waals surface area contributed by atoms with Crippen molar-refractivity contribution in [3.05, 3.63) is 63.7 Å². The van der Waals surface area contributed by atoms with E-state index < -0.39 is 5.41 Å². The van der Waals surface area contributed by atoms with Gasteiger partial charge in [-0.25, -0.2) is 0 Å². The van der Waals surface area contributed by atoms with Gasteiger partial charge in [-0.3, -0.25) is 9.59 Å². The van der Waals surface area contributed by atoms with Gasteiger partial charge in [-0.05, 0) is 53.1 Å². The number of rotatable bonds is 5. The fourth-order valence-corrected chi connectivity index (χ4v) is 3.03. The Balaban J connectivity index is 1.57. The normalized spacial score (nSPS) is 14.8. The highest BCUT2D eigenvalue weighted by molar-refractivity contribution is 14.1. The number of hydrogen-bond acceptors (Lipinski definition) is 3. The van der Waals surface area contributed by atoms with Crippen LogP contribution in [0.3, 0.4) is 0 Å². The molecule has 2 aromatic rings. The van der Waals surface area contributed by atoms with Crippen molar-refractivity contribution in [3.8, 4) is 0 Å². The number of para-hydroxylation sites is 1. The lowest BCUT2D eigenvalue weighted by atomic mass is 9.96. The van der Waals surface area contributed by atoms with E-state index in [4.69, 9.17) is 4.74 Å². The van der Waals surface area contributed by atoms with Crippen LogP contribution in [0.2, 0.25) is 0 Å². The Morgan fingerprint density at radius 1 is 1.04 bits per heavy atom. The maximum absolute atomic E-state index is 12.3. The van der Waals surface area contributed by atoms with Gasteiger partial charge in [0.25, 0.3) is 5.91 Å². The van der Waals surface area contributed by atoms with E-state index >= 15 is 0 Å². The largest absolute Gasteiger partial charge is 0.455 e. The van der Waals surface area contributed by atoms with Crippen LogP contribution in [0, 0.1) is 3.57 Å². The molecule has 1 saturated carbocycles. The molecule has 3 rings (SSSR count). The molecule has 23 heavy (non-hydrogen) atoms. The molecule has 1 aliphatic carbocycles. The molecule has 1 aliphatic rings. The highest BCUT2D eigenvalue weighted by atomic mass is 127. The molecule has 0 unspecified atom stereocenters. The number of carbonyl (C=O) groups excluding carboxylic acids is 2. The monoisotopic (exact) mass is 421 g/mol. The molecular weight excluding hydrogens is 405 g/mol. The third-order valence-corrected chi connectivity index (χ3v) is 4.89. The van der Waals surface area contributed by atoms with E-state index in [1.807, 2.05) is 54.6 Å². The number of amides is 1. The van der Waals surface area contributed by atoms with Crippen molar-refractivity contribution >= 4 is 40.2 Å². The number of anilines is 1. The number of halogens is 1. The molecule has 4 nitrogen and oxygen atoms in total. The van der Waals surface area contributed by atoms with Gasteiger partial charge in [0, 0.05) is 3.57 Å². The molecular formula is C18H16INO3. The number of ether oxygens (including phenoxy) is 1. The summed E-state index contributed by atoms with van der Waals surface area (Å²) < 4.78 is 6.18. The molecule has 0 heterocycles. The zero-order valence-electron chi connectivity index (χ0n) is 12.4. The van der Waals surface area contributed by atoms with Crippen molar-refractivity contribution in [2.75, 3.05) is 11.9 Å². The summed E-state index contributed by atoms with van der Waals surface area (Å²) in [6, 6.07) is 17.1. The van der Waals surface area contributed by atoms with Gasteiger partial charge in [0.05, 0.1) is 11.1 Å². The quantitative estimate of drug-likeness (QED) is 0.594. The molecule has 0 saturated heterocycles. The maximum atomic E-state index is 12.3. The van der Waals surface area contributed by atoms with Gasteiger partial charge < -0.3 is 10.1 Å². The van der Waals surface area contributed by atoms with E-state index in [0.717, 1.165) is 27.7 Å². The molecule has 0 aliphatic heterocycles. The predicted octanol–water partition coefficient (Wildman–Crippen LogP) is 3.50. The van der Waals surface area contributed by atoms with Gasteiger partial charge in [-0.2, -0.15) is 0 Å². The third kappa shape index (κ3) is 3.55. The lowest BCUT2D eigenvalue weighted by molar-refractivity contribution is -0.150. The minimum absolute atomic E-state index is 0.265. The van der Waals surface area contributed by atoms with Crippen LogP contribution in [0.4, 0.5) is 5.69 Å². The van der Waals surface area contributed by atoms with Gasteiger partial charge in [-0.1, -0.05) is 42.5 Å². The third-order valence-electron chi connectivity index (χ3n) is 3.95. The summed E-state index contributed by atoms with van der Waals surface area (Å²) in [5.74, 6) is -0.645. The Bertz CT molecular complexity index is 726. The molecule has 0 spiro atoms. The Morgan fingerprint density at radius 2 is 1.70 bits per heavy atom. The van der Waals surface area contributed by atoms with E-state index in [1.165, 1.54) is 0 Å². The number of nitrogens with one attached hydrogen (secondary N) is 1. The highest BCUT2D eigenvalue weighted by Crippen LogP contribution is 2.49. The van der Waals surface area contributed by atoms with Crippen molar-refractivity contribution in [3.63, 3.8) is 0 Å². The number of carbonyl (C=O) groups is 2. The first-order chi connectivity index (χ1) is 11.1. The molecule has 0 aromatic heterocycles. The SMILES string of the molecule is O=C(COC(=O)C1(c2ccccc2)CC1)Nc1ccccc1I. The highest BCUT2D eigenvalue weighted by Gasteiger charge is 2.52. The van der Waals surface area contributed by atoms with Crippen LogP contribution in [0.1, 0.15) is 18.4 Å². The standard InChI is InChI=1S/C18H16INO3/c19-14-8-4-5-9-15(14)20-16(21)12-23-17(22)18(10-11-18)13-6-2-1-3-7-13/h1-9H,10-12H2,(H,20,21). The molecule has 2 aromatic carbocycles. The van der Waals surface area contributed by atoms with Crippen LogP contribution in [0.25, 0.3) is 0 Å². The van der Waals surface area contributed by atoms with E-state index in [1.54, 1.807) is 0 Å². The Labute approximate surface area is 148 Å². The second-order valence-corrected chi connectivity index (χ2v) is 6.71. The van der Waals surface area contributed by atoms with E-state index in [2.05, 4.69) is 27.9 Å². The molecule has 0 bridgehead atoms. The van der Waals surface area contributed by atoms with Crippen molar-refractivity contribution in [1.29, 1.82) is 0 Å². The summed E-state index contributed by atoms with van der Waals surface area (Å²) in [4.78, 5) is 24.3. The van der Waals surface area contributed by atoms with Crippen LogP contribution >= 0.6 is 22.6 Å². The summed E-state index contributed by atoms with van der Waals surface area (Å²) in [6.07, 6.45) is 1.54. The van der Waals surface area contributed by atoms with Gasteiger partial charge in [0.15, 0.2) is 6.61 Å². The van der Waals surface area contributed by atoms with Gasteiger partial charge in [-0.15, -0.1) is 0 Å². The molecule has 118 valence electrons. The Hall–Kier alpha value is -1.89. The van der Waals surface area contributed by atoms with Gasteiger partial charge >= 0.3 is 5.97 Å². The zero-order valence-corrected chi connectivity index (χ0v) is 14.6. The lowest BCUT2D eigenvalue weighted by Crippen LogP contribution is -2.28. The van der Waals surface area contributed by atoms with Crippen molar-refractivity contribution in [1.82, 2.24) is 0 Å². The molecule has 0 atom stereocenters. The number of hydrogen-bond donors (Lipinski definition) is 1. The first-order valence-electron chi connectivity index (χ1n) is 7.39. The molecule has 1 amide bonds. The second-order valence-electron chi connectivity index (χ2n) is 5.55. The number of benzene rings is 2. The number of esters is 1. The Morgan fingerprint density at radius 3 is 2.35 bits per heavy atom. The van der Waals surface area contributed by atoms with E-state index in [-0.39, 0.29) is 18.5 Å². The minimum atomic E-state index is -0.553. The van der Waals surface area contributed by atoms with Gasteiger partial charge in [0.2, 0.25) is 0 Å². The van der Waals surface area contributed by atoms with Crippen molar-refractivity contribution in [2.24, 2.45) is 0 Å². The van der Waals surface area contributed by atoms with Crippen LogP contribution in [0.15, 0.2) is 54.6 Å². The van der Waals surface area contributed by atoms with Crippen LogP contribution < -0.4 is 5.32 Å². The first kappa shape index (κ1) is 16.0. The zero-order chi connectivity index (χ0) is 16.3.